The Morgan fingerprint density at radius 2 is 2.59 bits per heavy atom. The van der Waals surface area contributed by atoms with E-state index < -0.39 is 0 Å². The fourth-order valence-corrected chi connectivity index (χ4v) is 1.87. The first-order valence-electron chi connectivity index (χ1n) is 6.07. The number of methoxy groups -OCH3 is 1. The van der Waals surface area contributed by atoms with Gasteiger partial charge in [0.25, 0.3) is 0 Å². The largest absolute Gasteiger partial charge is 0.383 e. The van der Waals surface area contributed by atoms with Gasteiger partial charge in [-0.1, -0.05) is 0 Å². The SMILES string of the molecule is COCCNCc1ncn(C2CCCOC2)n1. The van der Waals surface area contributed by atoms with Crippen LogP contribution >= 0.6 is 0 Å². The van der Waals surface area contributed by atoms with Crippen LogP contribution in [0, 0.1) is 0 Å². The zero-order valence-corrected chi connectivity index (χ0v) is 10.3. The van der Waals surface area contributed by atoms with Crippen LogP contribution in [0.15, 0.2) is 6.33 Å². The average molecular weight is 240 g/mol. The van der Waals surface area contributed by atoms with Crippen LogP contribution < -0.4 is 5.32 Å². The predicted molar refractivity (Wildman–Crippen MR) is 62.7 cm³/mol. The zero-order valence-electron chi connectivity index (χ0n) is 10.3. The molecule has 1 fully saturated rings. The van der Waals surface area contributed by atoms with E-state index in [1.54, 1.807) is 13.4 Å². The van der Waals surface area contributed by atoms with Crippen LogP contribution in [0.1, 0.15) is 24.7 Å². The fourth-order valence-electron chi connectivity index (χ4n) is 1.87. The summed E-state index contributed by atoms with van der Waals surface area (Å²) in [4.78, 5) is 4.28. The van der Waals surface area contributed by atoms with Crippen molar-refractivity contribution in [2.24, 2.45) is 0 Å². The highest BCUT2D eigenvalue weighted by molar-refractivity contribution is 4.83. The first-order chi connectivity index (χ1) is 8.40. The van der Waals surface area contributed by atoms with Gasteiger partial charge in [-0.2, -0.15) is 5.10 Å². The van der Waals surface area contributed by atoms with E-state index in [2.05, 4.69) is 15.4 Å². The quantitative estimate of drug-likeness (QED) is 0.728. The Labute approximate surface area is 101 Å². The number of hydrogen-bond donors (Lipinski definition) is 1. The molecule has 0 bridgehead atoms. The van der Waals surface area contributed by atoms with Gasteiger partial charge in [0.15, 0.2) is 5.82 Å². The highest BCUT2D eigenvalue weighted by Gasteiger charge is 2.16. The maximum Gasteiger partial charge on any atom is 0.164 e. The molecular weight excluding hydrogens is 220 g/mol. The molecule has 1 saturated heterocycles. The lowest BCUT2D eigenvalue weighted by Gasteiger charge is -2.21. The van der Waals surface area contributed by atoms with E-state index in [0.717, 1.165) is 38.4 Å². The highest BCUT2D eigenvalue weighted by atomic mass is 16.5. The van der Waals surface area contributed by atoms with Crippen LogP contribution in [0.25, 0.3) is 0 Å². The molecule has 1 aromatic heterocycles. The lowest BCUT2D eigenvalue weighted by molar-refractivity contribution is 0.0547. The molecule has 1 N–H and O–H groups in total. The van der Waals surface area contributed by atoms with Crippen molar-refractivity contribution in [3.8, 4) is 0 Å². The molecule has 0 radical (unpaired) electrons. The molecule has 1 aromatic rings. The molecule has 0 amide bonds. The molecule has 0 spiro atoms. The van der Waals surface area contributed by atoms with Crippen molar-refractivity contribution in [2.75, 3.05) is 33.5 Å². The van der Waals surface area contributed by atoms with Gasteiger partial charge in [0.1, 0.15) is 6.33 Å². The summed E-state index contributed by atoms with van der Waals surface area (Å²) in [6.07, 6.45) is 4.03. The standard InChI is InChI=1S/C11H20N4O2/c1-16-6-4-12-7-11-13-9-15(14-11)10-3-2-5-17-8-10/h9-10,12H,2-8H2,1H3. The van der Waals surface area contributed by atoms with Crippen LogP contribution in [0.2, 0.25) is 0 Å². The van der Waals surface area contributed by atoms with Gasteiger partial charge in [0.2, 0.25) is 0 Å². The number of nitrogens with zero attached hydrogens (tertiary/aromatic N) is 3. The number of ether oxygens (including phenoxy) is 2. The lowest BCUT2D eigenvalue weighted by atomic mass is 10.1. The molecule has 0 aliphatic carbocycles. The van der Waals surface area contributed by atoms with E-state index in [4.69, 9.17) is 9.47 Å². The maximum absolute atomic E-state index is 5.44. The Balaban J connectivity index is 1.78. The van der Waals surface area contributed by atoms with Gasteiger partial charge in [0.05, 0.1) is 25.8 Å². The molecule has 96 valence electrons. The van der Waals surface area contributed by atoms with Gasteiger partial charge in [-0.15, -0.1) is 0 Å². The monoisotopic (exact) mass is 240 g/mol. The Bertz CT molecular complexity index is 323. The molecule has 17 heavy (non-hydrogen) atoms. The summed E-state index contributed by atoms with van der Waals surface area (Å²) in [7, 11) is 1.69. The second kappa shape index (κ2) is 6.68. The molecule has 2 heterocycles. The van der Waals surface area contributed by atoms with Crippen LogP contribution in [0.4, 0.5) is 0 Å². The van der Waals surface area contributed by atoms with E-state index in [-0.39, 0.29) is 0 Å². The van der Waals surface area contributed by atoms with Crippen molar-refractivity contribution in [1.29, 1.82) is 0 Å². The van der Waals surface area contributed by atoms with E-state index in [0.29, 0.717) is 19.2 Å². The molecule has 0 aromatic carbocycles. The smallest absolute Gasteiger partial charge is 0.164 e. The molecule has 2 rings (SSSR count). The molecular formula is C11H20N4O2. The third-order valence-electron chi connectivity index (χ3n) is 2.83. The molecule has 1 aliphatic rings. The van der Waals surface area contributed by atoms with Gasteiger partial charge in [-0.3, -0.25) is 0 Å². The molecule has 6 nitrogen and oxygen atoms in total. The van der Waals surface area contributed by atoms with Crippen molar-refractivity contribution in [3.63, 3.8) is 0 Å². The minimum Gasteiger partial charge on any atom is -0.383 e. The summed E-state index contributed by atoms with van der Waals surface area (Å²) in [5, 5.41) is 7.68. The van der Waals surface area contributed by atoms with Crippen LogP contribution in [0.5, 0.6) is 0 Å². The van der Waals surface area contributed by atoms with Gasteiger partial charge >= 0.3 is 0 Å². The minimum atomic E-state index is 0.351. The molecule has 1 unspecified atom stereocenters. The van der Waals surface area contributed by atoms with Crippen molar-refractivity contribution in [1.82, 2.24) is 20.1 Å². The van der Waals surface area contributed by atoms with E-state index in [1.165, 1.54) is 0 Å². The van der Waals surface area contributed by atoms with Gasteiger partial charge in [-0.05, 0) is 12.8 Å². The van der Waals surface area contributed by atoms with Gasteiger partial charge < -0.3 is 14.8 Å². The van der Waals surface area contributed by atoms with Crippen molar-refractivity contribution in [3.05, 3.63) is 12.2 Å². The molecule has 1 aliphatic heterocycles. The fraction of sp³-hybridized carbons (Fsp3) is 0.818. The van der Waals surface area contributed by atoms with Crippen LogP contribution in [0.3, 0.4) is 0 Å². The second-order valence-electron chi connectivity index (χ2n) is 4.18. The van der Waals surface area contributed by atoms with E-state index in [1.807, 2.05) is 4.68 Å². The Morgan fingerprint density at radius 3 is 3.35 bits per heavy atom. The zero-order chi connectivity index (χ0) is 11.9. The third kappa shape index (κ3) is 3.76. The molecule has 1 atom stereocenters. The maximum atomic E-state index is 5.44. The van der Waals surface area contributed by atoms with E-state index in [9.17, 15) is 0 Å². The number of aromatic nitrogens is 3. The Morgan fingerprint density at radius 1 is 1.65 bits per heavy atom. The Kier molecular flexibility index (Phi) is 4.90. The first-order valence-corrected chi connectivity index (χ1v) is 6.07. The minimum absolute atomic E-state index is 0.351. The number of rotatable bonds is 6. The third-order valence-corrected chi connectivity index (χ3v) is 2.83. The van der Waals surface area contributed by atoms with Crippen molar-refractivity contribution >= 4 is 0 Å². The van der Waals surface area contributed by atoms with E-state index >= 15 is 0 Å². The van der Waals surface area contributed by atoms with Crippen molar-refractivity contribution in [2.45, 2.75) is 25.4 Å². The second-order valence-corrected chi connectivity index (χ2v) is 4.18. The van der Waals surface area contributed by atoms with Gasteiger partial charge in [-0.25, -0.2) is 9.67 Å². The average Bonchev–Trinajstić information content (AvgIpc) is 2.85. The summed E-state index contributed by atoms with van der Waals surface area (Å²) in [5.74, 6) is 0.826. The highest BCUT2D eigenvalue weighted by Crippen LogP contribution is 2.17. The van der Waals surface area contributed by atoms with Crippen molar-refractivity contribution < 1.29 is 9.47 Å². The predicted octanol–water partition coefficient (Wildman–Crippen LogP) is 0.366. The summed E-state index contributed by atoms with van der Waals surface area (Å²) < 4.78 is 12.3. The molecule has 0 saturated carbocycles. The molecule has 6 heteroatoms. The summed E-state index contributed by atoms with van der Waals surface area (Å²) in [5.41, 5.74) is 0. The topological polar surface area (TPSA) is 61.2 Å². The first kappa shape index (κ1) is 12.5. The van der Waals surface area contributed by atoms with Crippen LogP contribution in [-0.2, 0) is 16.0 Å². The summed E-state index contributed by atoms with van der Waals surface area (Å²) in [6.45, 7) is 3.83. The summed E-state index contributed by atoms with van der Waals surface area (Å²) in [6, 6.07) is 0.351. The summed E-state index contributed by atoms with van der Waals surface area (Å²) >= 11 is 0. The number of hydrogen-bond acceptors (Lipinski definition) is 5. The lowest BCUT2D eigenvalue weighted by Crippen LogP contribution is -2.22. The van der Waals surface area contributed by atoms with Crippen LogP contribution in [-0.4, -0.2) is 48.2 Å². The number of nitrogens with one attached hydrogen (secondary N) is 1. The Hall–Kier alpha value is -0.980. The van der Waals surface area contributed by atoms with Gasteiger partial charge in [0, 0.05) is 20.3 Å². The normalized spacial score (nSPS) is 20.6.